The number of nitrogens with two attached hydrogens (primary N) is 1. The normalized spacial score (nSPS) is 11.8. The number of hydrogen-bond acceptors (Lipinski definition) is 5. The van der Waals surface area contributed by atoms with Gasteiger partial charge >= 0.3 is 0 Å². The van der Waals surface area contributed by atoms with Gasteiger partial charge in [-0.3, -0.25) is 0 Å². The van der Waals surface area contributed by atoms with Crippen LogP contribution in [0.25, 0.3) is 0 Å². The molecule has 2 rings (SSSR count). The first-order chi connectivity index (χ1) is 10.1. The average Bonchev–Trinajstić information content (AvgIpc) is 2.93. The van der Waals surface area contributed by atoms with E-state index in [1.165, 1.54) is 12.1 Å². The van der Waals surface area contributed by atoms with Gasteiger partial charge in [0.25, 0.3) is 0 Å². The number of oxime groups is 1. The molecule has 0 spiro atoms. The van der Waals surface area contributed by atoms with Gasteiger partial charge in [-0.05, 0) is 30.7 Å². The van der Waals surface area contributed by atoms with Crippen molar-refractivity contribution in [1.29, 1.82) is 0 Å². The lowest BCUT2D eigenvalue weighted by Gasteiger charge is -2.08. The number of nitrogens with zero attached hydrogens (tertiary/aromatic N) is 4. The van der Waals surface area contributed by atoms with Gasteiger partial charge in [-0.1, -0.05) is 5.16 Å². The highest BCUT2D eigenvalue weighted by atomic mass is 19.1. The average molecular weight is 292 g/mol. The standard InChI is InChI=1S/C13H17FN6O/c1-2-20-8-17-18-12(20)7-16-6-9-3-10(13(15)19-21)5-11(14)4-9/h3-5,8,16,21H,2,6-7H2,1H3,(H2,15,19). The van der Waals surface area contributed by atoms with E-state index in [2.05, 4.69) is 20.7 Å². The van der Waals surface area contributed by atoms with Crippen molar-refractivity contribution < 1.29 is 9.60 Å². The van der Waals surface area contributed by atoms with Gasteiger partial charge in [0.1, 0.15) is 18.0 Å². The quantitative estimate of drug-likeness (QED) is 0.317. The largest absolute Gasteiger partial charge is 0.409 e. The molecule has 1 aromatic carbocycles. The Hall–Kier alpha value is -2.48. The minimum atomic E-state index is -0.437. The fourth-order valence-electron chi connectivity index (χ4n) is 1.96. The maximum absolute atomic E-state index is 13.5. The molecule has 0 aliphatic rings. The molecule has 0 saturated carbocycles. The zero-order valence-electron chi connectivity index (χ0n) is 11.6. The minimum Gasteiger partial charge on any atom is -0.409 e. The first-order valence-corrected chi connectivity index (χ1v) is 6.48. The molecule has 112 valence electrons. The number of aryl methyl sites for hydroxylation is 1. The molecular weight excluding hydrogens is 275 g/mol. The van der Waals surface area contributed by atoms with Crippen molar-refractivity contribution >= 4 is 5.84 Å². The summed E-state index contributed by atoms with van der Waals surface area (Å²) in [5.41, 5.74) is 6.50. The monoisotopic (exact) mass is 292 g/mol. The molecule has 0 radical (unpaired) electrons. The molecule has 0 fully saturated rings. The summed E-state index contributed by atoms with van der Waals surface area (Å²) < 4.78 is 15.4. The van der Waals surface area contributed by atoms with Gasteiger partial charge in [0.15, 0.2) is 5.84 Å². The molecule has 0 aliphatic carbocycles. The van der Waals surface area contributed by atoms with E-state index in [9.17, 15) is 4.39 Å². The van der Waals surface area contributed by atoms with Crippen molar-refractivity contribution in [2.45, 2.75) is 26.6 Å². The van der Waals surface area contributed by atoms with E-state index >= 15 is 0 Å². The number of aromatic nitrogens is 3. The summed E-state index contributed by atoms with van der Waals surface area (Å²) in [4.78, 5) is 0. The summed E-state index contributed by atoms with van der Waals surface area (Å²) in [5.74, 6) is 0.250. The minimum absolute atomic E-state index is 0.124. The summed E-state index contributed by atoms with van der Waals surface area (Å²) in [6, 6.07) is 4.27. The zero-order chi connectivity index (χ0) is 15.2. The maximum Gasteiger partial charge on any atom is 0.170 e. The Kier molecular flexibility index (Phi) is 4.83. The fraction of sp³-hybridized carbons (Fsp3) is 0.308. The number of benzene rings is 1. The van der Waals surface area contributed by atoms with Crippen LogP contribution in [0.1, 0.15) is 23.9 Å². The van der Waals surface area contributed by atoms with Gasteiger partial charge in [-0.2, -0.15) is 0 Å². The van der Waals surface area contributed by atoms with Gasteiger partial charge in [-0.25, -0.2) is 4.39 Å². The first-order valence-electron chi connectivity index (χ1n) is 6.48. The number of nitrogens with one attached hydrogen (secondary N) is 1. The van der Waals surface area contributed by atoms with Crippen molar-refractivity contribution in [3.05, 3.63) is 47.3 Å². The van der Waals surface area contributed by atoms with Crippen LogP contribution in [0.2, 0.25) is 0 Å². The van der Waals surface area contributed by atoms with Crippen molar-refractivity contribution in [2.75, 3.05) is 0 Å². The zero-order valence-corrected chi connectivity index (χ0v) is 11.6. The summed E-state index contributed by atoms with van der Waals surface area (Å²) >= 11 is 0. The summed E-state index contributed by atoms with van der Waals surface area (Å²) in [5, 5.41) is 22.5. The van der Waals surface area contributed by atoms with E-state index in [0.717, 1.165) is 12.4 Å². The Balaban J connectivity index is 2.02. The van der Waals surface area contributed by atoms with Crippen LogP contribution in [0, 0.1) is 5.82 Å². The molecule has 4 N–H and O–H groups in total. The highest BCUT2D eigenvalue weighted by Gasteiger charge is 2.06. The number of hydrogen-bond donors (Lipinski definition) is 3. The third-order valence-corrected chi connectivity index (χ3v) is 3.01. The highest BCUT2D eigenvalue weighted by molar-refractivity contribution is 5.97. The molecular formula is C13H17FN6O. The Morgan fingerprint density at radius 1 is 1.43 bits per heavy atom. The molecule has 0 amide bonds. The molecule has 1 aromatic heterocycles. The molecule has 1 heterocycles. The van der Waals surface area contributed by atoms with E-state index in [0.29, 0.717) is 24.2 Å². The predicted molar refractivity (Wildman–Crippen MR) is 75.2 cm³/mol. The van der Waals surface area contributed by atoms with Gasteiger partial charge in [0, 0.05) is 18.7 Å². The predicted octanol–water partition coefficient (Wildman–Crippen LogP) is 0.821. The summed E-state index contributed by atoms with van der Waals surface area (Å²) in [6.45, 7) is 3.74. The Morgan fingerprint density at radius 2 is 2.24 bits per heavy atom. The van der Waals surface area contributed by atoms with Crippen LogP contribution >= 0.6 is 0 Å². The second-order valence-corrected chi connectivity index (χ2v) is 4.47. The SMILES string of the molecule is CCn1cnnc1CNCc1cc(F)cc(/C(N)=N/O)c1. The van der Waals surface area contributed by atoms with Crippen LogP contribution in [0.15, 0.2) is 29.7 Å². The number of rotatable bonds is 6. The molecule has 0 bridgehead atoms. The molecule has 8 heteroatoms. The molecule has 0 atom stereocenters. The highest BCUT2D eigenvalue weighted by Crippen LogP contribution is 2.09. The summed E-state index contributed by atoms with van der Waals surface area (Å²) in [6.07, 6.45) is 1.66. The first kappa shape index (κ1) is 14.9. The number of amidine groups is 1. The second-order valence-electron chi connectivity index (χ2n) is 4.47. The van der Waals surface area contributed by atoms with Gasteiger partial charge in [0.2, 0.25) is 0 Å². The topological polar surface area (TPSA) is 101 Å². The smallest absolute Gasteiger partial charge is 0.170 e. The fourth-order valence-corrected chi connectivity index (χ4v) is 1.96. The van der Waals surface area contributed by atoms with E-state index in [4.69, 9.17) is 10.9 Å². The molecule has 7 nitrogen and oxygen atoms in total. The van der Waals surface area contributed by atoms with Crippen molar-refractivity contribution in [3.63, 3.8) is 0 Å². The van der Waals surface area contributed by atoms with E-state index in [1.54, 1.807) is 12.4 Å². The van der Waals surface area contributed by atoms with Crippen LogP contribution in [0.4, 0.5) is 4.39 Å². The van der Waals surface area contributed by atoms with Crippen LogP contribution in [-0.4, -0.2) is 25.8 Å². The van der Waals surface area contributed by atoms with Crippen molar-refractivity contribution in [3.8, 4) is 0 Å². The van der Waals surface area contributed by atoms with Gasteiger partial charge in [0.05, 0.1) is 6.54 Å². The van der Waals surface area contributed by atoms with Crippen molar-refractivity contribution in [1.82, 2.24) is 20.1 Å². The van der Waals surface area contributed by atoms with Crippen LogP contribution in [-0.2, 0) is 19.6 Å². The lowest BCUT2D eigenvalue weighted by molar-refractivity contribution is 0.318. The number of halogens is 1. The van der Waals surface area contributed by atoms with Crippen molar-refractivity contribution in [2.24, 2.45) is 10.9 Å². The molecule has 0 aliphatic heterocycles. The van der Waals surface area contributed by atoms with Gasteiger partial charge in [-0.15, -0.1) is 10.2 Å². The summed E-state index contributed by atoms with van der Waals surface area (Å²) in [7, 11) is 0. The molecule has 2 aromatic rings. The van der Waals surface area contributed by atoms with Gasteiger partial charge < -0.3 is 20.8 Å². The van der Waals surface area contributed by atoms with E-state index < -0.39 is 5.82 Å². The molecule has 0 unspecified atom stereocenters. The molecule has 0 saturated heterocycles. The second kappa shape index (κ2) is 6.80. The van der Waals surface area contributed by atoms with Crippen LogP contribution < -0.4 is 11.1 Å². The Labute approximate surface area is 121 Å². The maximum atomic E-state index is 13.5. The third kappa shape index (κ3) is 3.76. The van der Waals surface area contributed by atoms with Crippen LogP contribution in [0.3, 0.4) is 0 Å². The van der Waals surface area contributed by atoms with E-state index in [-0.39, 0.29) is 5.84 Å². The third-order valence-electron chi connectivity index (χ3n) is 3.01. The molecule has 21 heavy (non-hydrogen) atoms. The lowest BCUT2D eigenvalue weighted by Crippen LogP contribution is -2.18. The van der Waals surface area contributed by atoms with E-state index in [1.807, 2.05) is 11.5 Å². The Morgan fingerprint density at radius 3 is 2.95 bits per heavy atom. The van der Waals surface area contributed by atoms with Crippen LogP contribution in [0.5, 0.6) is 0 Å². The lowest BCUT2D eigenvalue weighted by atomic mass is 10.1. The Bertz CT molecular complexity index is 639.